The van der Waals surface area contributed by atoms with Crippen LogP contribution in [0.5, 0.6) is 5.75 Å². The average molecular weight is 461 g/mol. The number of para-hydroxylation sites is 3. The number of nitrogens with one attached hydrogen (secondary N) is 1. The highest BCUT2D eigenvalue weighted by atomic mass is 32.2. The molecule has 1 atom stereocenters. The number of thioether (sulfide) groups is 1. The molecule has 0 fully saturated rings. The number of nitrogens with zero attached hydrogens (tertiary/aromatic N) is 3. The molecule has 0 aliphatic heterocycles. The molecule has 2 aromatic carbocycles. The minimum absolute atomic E-state index is 0.224. The van der Waals surface area contributed by atoms with E-state index in [-0.39, 0.29) is 11.5 Å². The molecule has 0 saturated heterocycles. The smallest absolute Gasteiger partial charge is 0.267 e. The Bertz CT molecular complexity index is 1370. The summed E-state index contributed by atoms with van der Waals surface area (Å²) in [5, 5.41) is 3.28. The molecule has 0 saturated carbocycles. The molecule has 4 rings (SSSR count). The van der Waals surface area contributed by atoms with E-state index >= 15 is 0 Å². The summed E-state index contributed by atoms with van der Waals surface area (Å²) >= 11 is 1.21. The molecule has 168 valence electrons. The van der Waals surface area contributed by atoms with Crippen molar-refractivity contribution in [2.75, 3.05) is 11.9 Å². The van der Waals surface area contributed by atoms with Crippen LogP contribution in [0.2, 0.25) is 0 Å². The maximum Gasteiger partial charge on any atom is 0.267 e. The molecule has 33 heavy (non-hydrogen) atoms. The number of carbonyl (C=O) groups excluding carboxylic acids is 1. The number of anilines is 1. The SMILES string of the molecule is CCOc1ccccc1NC(=O)C(C)Sc1nc2ccccc2c(=O)n1-c1cc(C)ccn1. The van der Waals surface area contributed by atoms with Crippen LogP contribution in [0.15, 0.2) is 76.8 Å². The van der Waals surface area contributed by atoms with Crippen molar-refractivity contribution in [3.63, 3.8) is 0 Å². The normalized spacial score (nSPS) is 11.8. The second-order valence-corrected chi connectivity index (χ2v) is 8.73. The Labute approximate surface area is 195 Å². The molecular weight excluding hydrogens is 436 g/mol. The van der Waals surface area contributed by atoms with Gasteiger partial charge < -0.3 is 10.1 Å². The average Bonchev–Trinajstić information content (AvgIpc) is 2.80. The lowest BCUT2D eigenvalue weighted by molar-refractivity contribution is -0.115. The number of aromatic nitrogens is 3. The molecule has 0 aliphatic rings. The van der Waals surface area contributed by atoms with Crippen LogP contribution in [0, 0.1) is 6.92 Å². The lowest BCUT2D eigenvalue weighted by atomic mass is 10.2. The molecule has 1 amide bonds. The van der Waals surface area contributed by atoms with Gasteiger partial charge in [-0.25, -0.2) is 14.5 Å². The summed E-state index contributed by atoms with van der Waals surface area (Å²) in [7, 11) is 0. The first-order valence-corrected chi connectivity index (χ1v) is 11.5. The zero-order chi connectivity index (χ0) is 23.4. The molecule has 0 spiro atoms. The quantitative estimate of drug-likeness (QED) is 0.320. The van der Waals surface area contributed by atoms with Gasteiger partial charge in [-0.2, -0.15) is 0 Å². The number of carbonyl (C=O) groups is 1. The Balaban J connectivity index is 1.70. The Hall–Kier alpha value is -3.65. The maximum atomic E-state index is 13.4. The van der Waals surface area contributed by atoms with Crippen LogP contribution in [0.1, 0.15) is 19.4 Å². The van der Waals surface area contributed by atoms with Crippen molar-refractivity contribution >= 4 is 34.3 Å². The standard InChI is InChI=1S/C25H24N4O3S/c1-4-32-21-12-8-7-11-20(21)27-23(30)17(3)33-25-28-19-10-6-5-9-18(19)24(31)29(25)22-15-16(2)13-14-26-22/h5-15,17H,4H2,1-3H3,(H,27,30). The topological polar surface area (TPSA) is 86.1 Å². The van der Waals surface area contributed by atoms with E-state index < -0.39 is 5.25 Å². The van der Waals surface area contributed by atoms with Crippen molar-refractivity contribution in [2.24, 2.45) is 0 Å². The van der Waals surface area contributed by atoms with Gasteiger partial charge in [0, 0.05) is 6.20 Å². The second-order valence-electron chi connectivity index (χ2n) is 7.42. The van der Waals surface area contributed by atoms with Crippen LogP contribution in [-0.4, -0.2) is 32.3 Å². The van der Waals surface area contributed by atoms with Crippen molar-refractivity contribution in [1.29, 1.82) is 0 Å². The highest BCUT2D eigenvalue weighted by Gasteiger charge is 2.21. The number of hydrogen-bond acceptors (Lipinski definition) is 6. The van der Waals surface area contributed by atoms with E-state index in [0.717, 1.165) is 5.56 Å². The first kappa shape index (κ1) is 22.5. The Morgan fingerprint density at radius 3 is 2.70 bits per heavy atom. The summed E-state index contributed by atoms with van der Waals surface area (Å²) in [5.41, 5.74) is 1.91. The number of fused-ring (bicyclic) bond motifs is 1. The summed E-state index contributed by atoms with van der Waals surface area (Å²) in [6.07, 6.45) is 1.65. The minimum Gasteiger partial charge on any atom is -0.492 e. The van der Waals surface area contributed by atoms with Gasteiger partial charge in [0.05, 0.1) is 28.4 Å². The summed E-state index contributed by atoms with van der Waals surface area (Å²) in [6, 6.07) is 18.1. The lowest BCUT2D eigenvalue weighted by Gasteiger charge is -2.17. The number of ether oxygens (including phenoxy) is 1. The van der Waals surface area contributed by atoms with Gasteiger partial charge in [-0.15, -0.1) is 0 Å². The van der Waals surface area contributed by atoms with Gasteiger partial charge in [-0.05, 0) is 62.7 Å². The first-order valence-electron chi connectivity index (χ1n) is 10.6. The van der Waals surface area contributed by atoms with Gasteiger partial charge in [0.15, 0.2) is 5.16 Å². The lowest BCUT2D eigenvalue weighted by Crippen LogP contribution is -2.26. The van der Waals surface area contributed by atoms with Crippen molar-refractivity contribution in [3.05, 3.63) is 82.8 Å². The van der Waals surface area contributed by atoms with E-state index in [1.54, 1.807) is 37.4 Å². The van der Waals surface area contributed by atoms with E-state index in [1.807, 2.05) is 50.2 Å². The largest absolute Gasteiger partial charge is 0.492 e. The minimum atomic E-state index is -0.538. The Morgan fingerprint density at radius 1 is 1.15 bits per heavy atom. The summed E-state index contributed by atoms with van der Waals surface area (Å²) in [6.45, 7) is 6.09. The number of pyridine rings is 1. The number of amides is 1. The van der Waals surface area contributed by atoms with Crippen molar-refractivity contribution < 1.29 is 9.53 Å². The Morgan fingerprint density at radius 2 is 1.91 bits per heavy atom. The molecule has 2 heterocycles. The third-order valence-corrected chi connectivity index (χ3v) is 6.02. The van der Waals surface area contributed by atoms with Crippen molar-refractivity contribution in [3.8, 4) is 11.6 Å². The van der Waals surface area contributed by atoms with Gasteiger partial charge in [0.2, 0.25) is 5.91 Å². The zero-order valence-electron chi connectivity index (χ0n) is 18.6. The molecule has 4 aromatic rings. The third-order valence-electron chi connectivity index (χ3n) is 4.97. The fourth-order valence-corrected chi connectivity index (χ4v) is 4.25. The summed E-state index contributed by atoms with van der Waals surface area (Å²) in [4.78, 5) is 35.5. The molecule has 0 radical (unpaired) electrons. The van der Waals surface area contributed by atoms with E-state index in [1.165, 1.54) is 16.3 Å². The van der Waals surface area contributed by atoms with Gasteiger partial charge in [0.1, 0.15) is 11.6 Å². The zero-order valence-corrected chi connectivity index (χ0v) is 19.4. The number of benzene rings is 2. The van der Waals surface area contributed by atoms with Gasteiger partial charge in [-0.1, -0.05) is 36.0 Å². The summed E-state index contributed by atoms with van der Waals surface area (Å²) in [5.74, 6) is 0.851. The third kappa shape index (κ3) is 4.90. The van der Waals surface area contributed by atoms with Crippen LogP contribution >= 0.6 is 11.8 Å². The molecule has 8 heteroatoms. The fraction of sp³-hybridized carbons (Fsp3) is 0.200. The molecule has 0 aliphatic carbocycles. The molecule has 7 nitrogen and oxygen atoms in total. The molecule has 1 N–H and O–H groups in total. The van der Waals surface area contributed by atoms with Crippen LogP contribution in [0.3, 0.4) is 0 Å². The molecular formula is C25H24N4O3S. The van der Waals surface area contributed by atoms with Crippen molar-refractivity contribution in [1.82, 2.24) is 14.5 Å². The van der Waals surface area contributed by atoms with Gasteiger partial charge in [-0.3, -0.25) is 9.59 Å². The molecule has 1 unspecified atom stereocenters. The Kier molecular flexibility index (Phi) is 6.74. The van der Waals surface area contributed by atoms with Gasteiger partial charge >= 0.3 is 0 Å². The predicted octanol–water partition coefficient (Wildman–Crippen LogP) is 4.61. The first-order chi connectivity index (χ1) is 16.0. The van der Waals surface area contributed by atoms with Crippen molar-refractivity contribution in [2.45, 2.75) is 31.2 Å². The van der Waals surface area contributed by atoms with E-state index in [2.05, 4.69) is 10.3 Å². The number of aryl methyl sites for hydroxylation is 1. The second kappa shape index (κ2) is 9.87. The van der Waals surface area contributed by atoms with E-state index in [9.17, 15) is 9.59 Å². The number of hydrogen-bond donors (Lipinski definition) is 1. The number of rotatable bonds is 7. The van der Waals surface area contributed by atoms with Crippen LogP contribution in [-0.2, 0) is 4.79 Å². The van der Waals surface area contributed by atoms with Crippen LogP contribution < -0.4 is 15.6 Å². The summed E-state index contributed by atoms with van der Waals surface area (Å²) < 4.78 is 7.07. The monoisotopic (exact) mass is 460 g/mol. The highest BCUT2D eigenvalue weighted by molar-refractivity contribution is 8.00. The molecule has 0 bridgehead atoms. The molecule has 2 aromatic heterocycles. The fourth-order valence-electron chi connectivity index (χ4n) is 3.33. The van der Waals surface area contributed by atoms with E-state index in [0.29, 0.717) is 39.9 Å². The van der Waals surface area contributed by atoms with Crippen LogP contribution in [0.4, 0.5) is 5.69 Å². The predicted molar refractivity (Wildman–Crippen MR) is 131 cm³/mol. The highest BCUT2D eigenvalue weighted by Crippen LogP contribution is 2.28. The van der Waals surface area contributed by atoms with Crippen LogP contribution in [0.25, 0.3) is 16.7 Å². The maximum absolute atomic E-state index is 13.4. The van der Waals surface area contributed by atoms with Gasteiger partial charge in [0.25, 0.3) is 5.56 Å². The van der Waals surface area contributed by atoms with E-state index in [4.69, 9.17) is 9.72 Å².